The van der Waals surface area contributed by atoms with Gasteiger partial charge in [-0.25, -0.2) is 0 Å². The van der Waals surface area contributed by atoms with Crippen molar-refractivity contribution in [1.29, 1.82) is 0 Å². The number of benzene rings is 1. The minimum Gasteiger partial charge on any atom is -0.488 e. The number of rotatable bonds is 5. The number of carbonyl (C=O) groups is 2. The van der Waals surface area contributed by atoms with Crippen LogP contribution in [0.1, 0.15) is 28.1 Å². The van der Waals surface area contributed by atoms with Gasteiger partial charge in [-0.15, -0.1) is 0 Å². The van der Waals surface area contributed by atoms with E-state index in [0.29, 0.717) is 46.4 Å². The van der Waals surface area contributed by atoms with Crippen LogP contribution < -0.4 is 4.74 Å². The zero-order valence-corrected chi connectivity index (χ0v) is 15.5. The molecule has 0 saturated carbocycles. The number of amides is 1. The van der Waals surface area contributed by atoms with Crippen LogP contribution in [0.15, 0.2) is 28.9 Å². The van der Waals surface area contributed by atoms with Gasteiger partial charge in [0, 0.05) is 24.6 Å². The first-order valence-electron chi connectivity index (χ1n) is 8.05. The lowest BCUT2D eigenvalue weighted by Gasteiger charge is -2.18. The molecule has 1 aliphatic heterocycles. The molecule has 6 nitrogen and oxygen atoms in total. The number of furan rings is 1. The normalized spacial score (nSPS) is 16.7. The highest BCUT2D eigenvalue weighted by Crippen LogP contribution is 2.29. The summed E-state index contributed by atoms with van der Waals surface area (Å²) in [4.78, 5) is 25.4. The Morgan fingerprint density at radius 3 is 2.81 bits per heavy atom. The molecule has 8 heteroatoms. The second-order valence-electron chi connectivity index (χ2n) is 6.14. The molecular formula is C18H17Cl2NO5. The van der Waals surface area contributed by atoms with Gasteiger partial charge < -0.3 is 19.2 Å². The van der Waals surface area contributed by atoms with Gasteiger partial charge in [-0.3, -0.25) is 9.59 Å². The van der Waals surface area contributed by atoms with E-state index in [9.17, 15) is 9.59 Å². The van der Waals surface area contributed by atoms with Crippen LogP contribution in [-0.4, -0.2) is 41.1 Å². The average Bonchev–Trinajstić information content (AvgIpc) is 3.17. The van der Waals surface area contributed by atoms with E-state index in [1.165, 1.54) is 6.26 Å². The molecule has 1 N–H and O–H groups in total. The maximum Gasteiger partial charge on any atom is 0.311 e. The fourth-order valence-corrected chi connectivity index (χ4v) is 3.25. The van der Waals surface area contributed by atoms with Gasteiger partial charge in [-0.05, 0) is 19.1 Å². The zero-order chi connectivity index (χ0) is 18.8. The lowest BCUT2D eigenvalue weighted by Crippen LogP contribution is -2.31. The molecule has 3 rings (SSSR count). The summed E-state index contributed by atoms with van der Waals surface area (Å²) in [5.74, 6) is -0.526. The highest BCUT2D eigenvalue weighted by molar-refractivity contribution is 6.42. The number of nitrogens with zero attached hydrogens (tertiary/aromatic N) is 1. The molecule has 0 spiro atoms. The largest absolute Gasteiger partial charge is 0.488 e. The predicted octanol–water partition coefficient (Wildman–Crippen LogP) is 3.82. The Morgan fingerprint density at radius 1 is 1.35 bits per heavy atom. The van der Waals surface area contributed by atoms with Crippen molar-refractivity contribution in [3.63, 3.8) is 0 Å². The van der Waals surface area contributed by atoms with Crippen LogP contribution in [0.3, 0.4) is 0 Å². The zero-order valence-electron chi connectivity index (χ0n) is 14.0. The van der Waals surface area contributed by atoms with E-state index < -0.39 is 5.97 Å². The summed E-state index contributed by atoms with van der Waals surface area (Å²) in [5, 5.41) is 9.82. The molecule has 0 bridgehead atoms. The first-order chi connectivity index (χ1) is 12.3. The van der Waals surface area contributed by atoms with Crippen molar-refractivity contribution >= 4 is 35.1 Å². The van der Waals surface area contributed by atoms with Crippen molar-refractivity contribution in [3.05, 3.63) is 51.4 Å². The highest BCUT2D eigenvalue weighted by atomic mass is 35.5. The number of halogens is 2. The van der Waals surface area contributed by atoms with E-state index in [2.05, 4.69) is 0 Å². The van der Waals surface area contributed by atoms with Gasteiger partial charge in [0.05, 0.1) is 28.4 Å². The second kappa shape index (κ2) is 7.60. The number of likely N-dealkylation sites (tertiary alicyclic amines) is 1. The van der Waals surface area contributed by atoms with E-state index >= 15 is 0 Å². The molecule has 26 heavy (non-hydrogen) atoms. The van der Waals surface area contributed by atoms with Crippen molar-refractivity contribution in [1.82, 2.24) is 4.90 Å². The highest BCUT2D eigenvalue weighted by Gasteiger charge is 2.31. The van der Waals surface area contributed by atoms with E-state index in [4.69, 9.17) is 37.5 Å². The molecule has 1 atom stereocenters. The summed E-state index contributed by atoms with van der Waals surface area (Å²) in [6.45, 7) is 2.64. The van der Waals surface area contributed by atoms with Crippen molar-refractivity contribution in [2.45, 2.75) is 25.9 Å². The van der Waals surface area contributed by atoms with Gasteiger partial charge in [0.1, 0.15) is 24.0 Å². The molecule has 0 aliphatic carbocycles. The summed E-state index contributed by atoms with van der Waals surface area (Å²) >= 11 is 11.9. The third-order valence-corrected chi connectivity index (χ3v) is 4.94. The van der Waals surface area contributed by atoms with Gasteiger partial charge in [-0.2, -0.15) is 0 Å². The van der Waals surface area contributed by atoms with E-state index in [1.54, 1.807) is 30.0 Å². The monoisotopic (exact) mass is 397 g/mol. The van der Waals surface area contributed by atoms with Crippen LogP contribution in [-0.2, 0) is 11.2 Å². The Kier molecular flexibility index (Phi) is 5.44. The van der Waals surface area contributed by atoms with Crippen LogP contribution in [0.4, 0.5) is 0 Å². The molecule has 2 heterocycles. The standard InChI is InChI=1S/C18H17Cl2NO5/c1-10-9-25-15(7-16(22)23)17(10)18(24)21-5-4-12(8-21)26-11-2-3-13(19)14(20)6-11/h2-3,6,9,12H,4-5,7-8H2,1H3,(H,22,23). The van der Waals surface area contributed by atoms with Crippen LogP contribution in [0, 0.1) is 6.92 Å². The van der Waals surface area contributed by atoms with Gasteiger partial charge >= 0.3 is 5.97 Å². The predicted molar refractivity (Wildman–Crippen MR) is 96.2 cm³/mol. The average molecular weight is 398 g/mol. The van der Waals surface area contributed by atoms with Gasteiger partial charge in [0.15, 0.2) is 0 Å². The molecule has 0 radical (unpaired) electrons. The Hall–Kier alpha value is -2.18. The van der Waals surface area contributed by atoms with Crippen LogP contribution in [0.5, 0.6) is 5.75 Å². The summed E-state index contributed by atoms with van der Waals surface area (Å²) in [5.41, 5.74) is 0.947. The molecular weight excluding hydrogens is 381 g/mol. The van der Waals surface area contributed by atoms with Crippen molar-refractivity contribution in [2.75, 3.05) is 13.1 Å². The number of hydrogen-bond acceptors (Lipinski definition) is 4. The van der Waals surface area contributed by atoms with E-state index in [-0.39, 0.29) is 24.2 Å². The molecule has 1 fully saturated rings. The SMILES string of the molecule is Cc1coc(CC(=O)O)c1C(=O)N1CCC(Oc2ccc(Cl)c(Cl)c2)C1. The third kappa shape index (κ3) is 3.97. The maximum absolute atomic E-state index is 12.8. The fraction of sp³-hybridized carbons (Fsp3) is 0.333. The minimum absolute atomic E-state index is 0.175. The van der Waals surface area contributed by atoms with E-state index in [0.717, 1.165) is 0 Å². The van der Waals surface area contributed by atoms with Crippen LogP contribution in [0.2, 0.25) is 10.0 Å². The van der Waals surface area contributed by atoms with Crippen LogP contribution in [0.25, 0.3) is 0 Å². The smallest absolute Gasteiger partial charge is 0.311 e. The van der Waals surface area contributed by atoms with Crippen molar-refractivity contribution in [2.24, 2.45) is 0 Å². The number of carboxylic acids is 1. The molecule has 1 amide bonds. The first kappa shape index (κ1) is 18.6. The molecule has 1 aromatic heterocycles. The van der Waals surface area contributed by atoms with Crippen LogP contribution >= 0.6 is 23.2 Å². The molecule has 1 unspecified atom stereocenters. The number of aliphatic carboxylic acids is 1. The summed E-state index contributed by atoms with van der Waals surface area (Å²) in [6, 6.07) is 5.02. The topological polar surface area (TPSA) is 80.0 Å². The summed E-state index contributed by atoms with van der Waals surface area (Å²) in [6.07, 6.45) is 1.57. The molecule has 138 valence electrons. The summed E-state index contributed by atoms with van der Waals surface area (Å²) < 4.78 is 11.1. The number of carboxylic acid groups (broad SMARTS) is 1. The number of aryl methyl sites for hydroxylation is 1. The van der Waals surface area contributed by atoms with Gasteiger partial charge in [0.2, 0.25) is 0 Å². The Labute approximate surface area is 160 Å². The Balaban J connectivity index is 1.68. The van der Waals surface area contributed by atoms with Gasteiger partial charge in [-0.1, -0.05) is 23.2 Å². The molecule has 1 aromatic carbocycles. The first-order valence-corrected chi connectivity index (χ1v) is 8.80. The van der Waals surface area contributed by atoms with Crippen molar-refractivity contribution < 1.29 is 23.8 Å². The summed E-state index contributed by atoms with van der Waals surface area (Å²) in [7, 11) is 0. The van der Waals surface area contributed by atoms with E-state index in [1.807, 2.05) is 0 Å². The quantitative estimate of drug-likeness (QED) is 0.829. The Morgan fingerprint density at radius 2 is 2.12 bits per heavy atom. The lowest BCUT2D eigenvalue weighted by molar-refractivity contribution is -0.136. The molecule has 1 saturated heterocycles. The lowest BCUT2D eigenvalue weighted by atomic mass is 10.1. The minimum atomic E-state index is -1.05. The second-order valence-corrected chi connectivity index (χ2v) is 6.96. The van der Waals surface area contributed by atoms with Crippen molar-refractivity contribution in [3.8, 4) is 5.75 Å². The number of carbonyl (C=O) groups excluding carboxylic acids is 1. The Bertz CT molecular complexity index is 848. The number of ether oxygens (including phenoxy) is 1. The van der Waals surface area contributed by atoms with Gasteiger partial charge in [0.25, 0.3) is 5.91 Å². The number of hydrogen-bond donors (Lipinski definition) is 1. The molecule has 2 aromatic rings. The molecule has 1 aliphatic rings. The maximum atomic E-state index is 12.8. The third-order valence-electron chi connectivity index (χ3n) is 4.20. The fourth-order valence-electron chi connectivity index (χ4n) is 2.96.